The van der Waals surface area contributed by atoms with Crippen molar-refractivity contribution in [2.24, 2.45) is 5.92 Å². The van der Waals surface area contributed by atoms with E-state index in [0.717, 1.165) is 49.0 Å². The summed E-state index contributed by atoms with van der Waals surface area (Å²) in [5.74, 6) is 0.870. The van der Waals surface area contributed by atoms with E-state index in [9.17, 15) is 4.79 Å². The number of likely N-dealkylation sites (tertiary alicyclic amines) is 1. The van der Waals surface area contributed by atoms with Gasteiger partial charge in [0.1, 0.15) is 5.69 Å². The second-order valence-electron chi connectivity index (χ2n) is 7.65. The Bertz CT molecular complexity index is 906. The van der Waals surface area contributed by atoms with Gasteiger partial charge in [-0.15, -0.1) is 0 Å². The molecule has 4 heteroatoms. The zero-order chi connectivity index (χ0) is 18.6. The molecular weight excluding hydrogens is 336 g/mol. The molecule has 0 radical (unpaired) electrons. The number of hydrogen-bond acceptors (Lipinski definition) is 3. The minimum absolute atomic E-state index is 0.158. The van der Waals surface area contributed by atoms with Gasteiger partial charge in [-0.1, -0.05) is 47.1 Å². The highest BCUT2D eigenvalue weighted by Crippen LogP contribution is 2.24. The van der Waals surface area contributed by atoms with Crippen LogP contribution in [0, 0.1) is 12.8 Å². The molecule has 0 unspecified atom stereocenters. The molecule has 0 saturated carbocycles. The Morgan fingerprint density at radius 3 is 2.63 bits per heavy atom. The van der Waals surface area contributed by atoms with Gasteiger partial charge in [0, 0.05) is 18.5 Å². The average molecular weight is 362 g/mol. The van der Waals surface area contributed by atoms with E-state index in [2.05, 4.69) is 36.3 Å². The molecule has 1 aromatic heterocycles. The first kappa shape index (κ1) is 17.8. The molecule has 2 heterocycles. The van der Waals surface area contributed by atoms with E-state index < -0.39 is 0 Å². The second kappa shape index (κ2) is 7.95. The standard InChI is InChI=1S/C23H26N2O2/c1-17-6-8-18(9-7-17)10-11-19-12-14-25(15-13-19)23(26)16-21-20-4-2-3-5-22(20)27-24-21/h2-9,19H,10-16H2,1H3. The Hall–Kier alpha value is -2.62. The third kappa shape index (κ3) is 4.21. The predicted octanol–water partition coefficient (Wildman–Crippen LogP) is 4.55. The summed E-state index contributed by atoms with van der Waals surface area (Å²) in [7, 11) is 0. The quantitative estimate of drug-likeness (QED) is 0.669. The Morgan fingerprint density at radius 2 is 1.85 bits per heavy atom. The van der Waals surface area contributed by atoms with Gasteiger partial charge in [-0.2, -0.15) is 0 Å². The fourth-order valence-electron chi connectivity index (χ4n) is 3.92. The molecule has 0 N–H and O–H groups in total. The molecule has 1 fully saturated rings. The first-order chi connectivity index (χ1) is 13.2. The Labute approximate surface area is 160 Å². The second-order valence-corrected chi connectivity index (χ2v) is 7.65. The molecule has 27 heavy (non-hydrogen) atoms. The first-order valence-electron chi connectivity index (χ1n) is 9.85. The van der Waals surface area contributed by atoms with Crippen molar-refractivity contribution in [2.75, 3.05) is 13.1 Å². The van der Waals surface area contributed by atoms with Crippen molar-refractivity contribution in [3.8, 4) is 0 Å². The number of aryl methyl sites for hydroxylation is 2. The summed E-state index contributed by atoms with van der Waals surface area (Å²) < 4.78 is 5.31. The molecule has 1 aliphatic heterocycles. The van der Waals surface area contributed by atoms with Gasteiger partial charge < -0.3 is 9.42 Å². The summed E-state index contributed by atoms with van der Waals surface area (Å²) in [6, 6.07) is 16.6. The van der Waals surface area contributed by atoms with E-state index in [1.807, 2.05) is 29.2 Å². The van der Waals surface area contributed by atoms with Crippen LogP contribution in [-0.4, -0.2) is 29.1 Å². The molecule has 0 aliphatic carbocycles. The average Bonchev–Trinajstić information content (AvgIpc) is 3.11. The predicted molar refractivity (Wildman–Crippen MR) is 107 cm³/mol. The third-order valence-corrected chi connectivity index (χ3v) is 5.70. The van der Waals surface area contributed by atoms with E-state index in [0.29, 0.717) is 12.3 Å². The van der Waals surface area contributed by atoms with Crippen LogP contribution >= 0.6 is 0 Å². The summed E-state index contributed by atoms with van der Waals surface area (Å²) in [5.41, 5.74) is 4.22. The summed E-state index contributed by atoms with van der Waals surface area (Å²) in [6.45, 7) is 3.83. The van der Waals surface area contributed by atoms with Crippen LogP contribution in [0.4, 0.5) is 0 Å². The largest absolute Gasteiger partial charge is 0.356 e. The number of aromatic nitrogens is 1. The highest BCUT2D eigenvalue weighted by atomic mass is 16.5. The maximum Gasteiger partial charge on any atom is 0.228 e. The number of carbonyl (C=O) groups excluding carboxylic acids is 1. The fourth-order valence-corrected chi connectivity index (χ4v) is 3.92. The Kier molecular flexibility index (Phi) is 5.23. The van der Waals surface area contributed by atoms with Gasteiger partial charge in [0.25, 0.3) is 0 Å². The van der Waals surface area contributed by atoms with Crippen LogP contribution in [0.15, 0.2) is 53.1 Å². The fraction of sp³-hybridized carbons (Fsp3) is 0.391. The van der Waals surface area contributed by atoms with E-state index in [1.54, 1.807) is 0 Å². The maximum atomic E-state index is 12.7. The van der Waals surface area contributed by atoms with E-state index in [4.69, 9.17) is 4.52 Å². The summed E-state index contributed by atoms with van der Waals surface area (Å²) in [5, 5.41) is 5.04. The maximum absolute atomic E-state index is 12.7. The molecule has 3 aromatic rings. The lowest BCUT2D eigenvalue weighted by Gasteiger charge is -2.32. The first-order valence-corrected chi connectivity index (χ1v) is 9.85. The number of hydrogen-bond donors (Lipinski definition) is 0. The van der Waals surface area contributed by atoms with Crippen LogP contribution in [0.5, 0.6) is 0 Å². The molecular formula is C23H26N2O2. The highest BCUT2D eigenvalue weighted by Gasteiger charge is 2.24. The lowest BCUT2D eigenvalue weighted by Crippen LogP contribution is -2.39. The van der Waals surface area contributed by atoms with E-state index >= 15 is 0 Å². The number of piperidine rings is 1. The molecule has 0 spiro atoms. The number of rotatable bonds is 5. The Morgan fingerprint density at radius 1 is 1.11 bits per heavy atom. The number of para-hydroxylation sites is 1. The minimum atomic E-state index is 0.158. The van der Waals surface area contributed by atoms with Crippen LogP contribution in [0.2, 0.25) is 0 Å². The molecule has 1 amide bonds. The van der Waals surface area contributed by atoms with Crippen molar-refractivity contribution in [1.82, 2.24) is 10.1 Å². The van der Waals surface area contributed by atoms with Gasteiger partial charge in [0.05, 0.1) is 6.42 Å². The van der Waals surface area contributed by atoms with Crippen LogP contribution in [0.25, 0.3) is 11.0 Å². The van der Waals surface area contributed by atoms with Gasteiger partial charge >= 0.3 is 0 Å². The smallest absolute Gasteiger partial charge is 0.228 e. The van der Waals surface area contributed by atoms with Gasteiger partial charge in [0.15, 0.2) is 5.58 Å². The van der Waals surface area contributed by atoms with Crippen molar-refractivity contribution in [3.63, 3.8) is 0 Å². The van der Waals surface area contributed by atoms with E-state index in [1.165, 1.54) is 17.5 Å². The molecule has 2 aromatic carbocycles. The van der Waals surface area contributed by atoms with Crippen molar-refractivity contribution >= 4 is 16.9 Å². The van der Waals surface area contributed by atoms with Gasteiger partial charge in [0.2, 0.25) is 5.91 Å². The van der Waals surface area contributed by atoms with Gasteiger partial charge in [-0.05, 0) is 56.2 Å². The number of fused-ring (bicyclic) bond motifs is 1. The van der Waals surface area contributed by atoms with Crippen LogP contribution in [-0.2, 0) is 17.6 Å². The monoisotopic (exact) mass is 362 g/mol. The zero-order valence-corrected chi connectivity index (χ0v) is 15.9. The summed E-state index contributed by atoms with van der Waals surface area (Å²) in [6.07, 6.45) is 4.85. The topological polar surface area (TPSA) is 46.3 Å². The number of carbonyl (C=O) groups is 1. The van der Waals surface area contributed by atoms with Crippen molar-refractivity contribution < 1.29 is 9.32 Å². The van der Waals surface area contributed by atoms with Crippen LogP contribution in [0.1, 0.15) is 36.1 Å². The van der Waals surface area contributed by atoms with Crippen molar-refractivity contribution in [2.45, 2.75) is 39.0 Å². The molecule has 1 aliphatic rings. The highest BCUT2D eigenvalue weighted by molar-refractivity contribution is 5.86. The van der Waals surface area contributed by atoms with Crippen LogP contribution in [0.3, 0.4) is 0 Å². The zero-order valence-electron chi connectivity index (χ0n) is 15.9. The lowest BCUT2D eigenvalue weighted by molar-refractivity contribution is -0.131. The van der Waals surface area contributed by atoms with Crippen LogP contribution < -0.4 is 0 Å². The minimum Gasteiger partial charge on any atom is -0.356 e. The lowest BCUT2D eigenvalue weighted by atomic mass is 9.90. The van der Waals surface area contributed by atoms with Crippen molar-refractivity contribution in [1.29, 1.82) is 0 Å². The molecule has 0 bridgehead atoms. The number of nitrogens with zero attached hydrogens (tertiary/aromatic N) is 2. The number of benzene rings is 2. The molecule has 4 nitrogen and oxygen atoms in total. The SMILES string of the molecule is Cc1ccc(CCC2CCN(C(=O)Cc3noc4ccccc34)CC2)cc1. The van der Waals surface area contributed by atoms with E-state index in [-0.39, 0.29) is 5.91 Å². The third-order valence-electron chi connectivity index (χ3n) is 5.70. The number of amides is 1. The molecule has 1 saturated heterocycles. The van der Waals surface area contributed by atoms with Gasteiger partial charge in [-0.25, -0.2) is 0 Å². The Balaban J connectivity index is 1.27. The summed E-state index contributed by atoms with van der Waals surface area (Å²) in [4.78, 5) is 14.7. The van der Waals surface area contributed by atoms with Crippen molar-refractivity contribution in [3.05, 3.63) is 65.4 Å². The van der Waals surface area contributed by atoms with Gasteiger partial charge in [-0.3, -0.25) is 4.79 Å². The molecule has 4 rings (SSSR count). The summed E-state index contributed by atoms with van der Waals surface area (Å²) >= 11 is 0. The normalized spacial score (nSPS) is 15.4. The molecule has 140 valence electrons. The molecule has 0 atom stereocenters.